The number of halogens is 4. The summed E-state index contributed by atoms with van der Waals surface area (Å²) in [5, 5.41) is 0.429. The average molecular weight is 666 g/mol. The first kappa shape index (κ1) is 31.7. The fourth-order valence-electron chi connectivity index (χ4n) is 4.70. The maximum Gasteiger partial charge on any atom is 0.410 e. The molecule has 2 aromatic carbocycles. The Balaban J connectivity index is 1.60. The molecule has 1 amide bonds. The number of nitrogens with zero attached hydrogens (tertiary/aromatic N) is 4. The monoisotopic (exact) mass is 665 g/mol. The maximum absolute atomic E-state index is 16.1. The second kappa shape index (κ2) is 12.3. The summed E-state index contributed by atoms with van der Waals surface area (Å²) in [5.41, 5.74) is -0.890. The summed E-state index contributed by atoms with van der Waals surface area (Å²) in [6.45, 7) is 5.75. The van der Waals surface area contributed by atoms with Crippen molar-refractivity contribution in [2.75, 3.05) is 11.3 Å². The number of piperidine rings is 1. The highest BCUT2D eigenvalue weighted by Gasteiger charge is 2.35. The van der Waals surface area contributed by atoms with Gasteiger partial charge in [0.1, 0.15) is 27.1 Å². The predicted octanol–water partition coefficient (Wildman–Crippen LogP) is 7.60. The van der Waals surface area contributed by atoms with E-state index in [1.165, 1.54) is 29.7 Å². The van der Waals surface area contributed by atoms with Crippen LogP contribution >= 0.6 is 22.9 Å². The van der Waals surface area contributed by atoms with Crippen molar-refractivity contribution in [3.05, 3.63) is 76.4 Å². The van der Waals surface area contributed by atoms with E-state index < -0.39 is 55.8 Å². The van der Waals surface area contributed by atoms with E-state index in [1.807, 2.05) is 4.72 Å². The number of anilines is 1. The quantitative estimate of drug-likeness (QED) is 0.211. The van der Waals surface area contributed by atoms with Gasteiger partial charge in [-0.1, -0.05) is 6.07 Å². The highest BCUT2D eigenvalue weighted by atomic mass is 35.5. The zero-order valence-corrected chi connectivity index (χ0v) is 26.2. The van der Waals surface area contributed by atoms with E-state index in [0.29, 0.717) is 40.7 Å². The van der Waals surface area contributed by atoms with Crippen LogP contribution in [0.25, 0.3) is 21.8 Å². The molecule has 1 N–H and O–H groups in total. The number of carbonyl (C=O) groups excluding carboxylic acids is 1. The number of benzene rings is 2. The minimum Gasteiger partial charge on any atom is -0.444 e. The lowest BCUT2D eigenvalue weighted by Crippen LogP contribution is -2.41. The molecule has 0 spiro atoms. The topological polar surface area (TPSA) is 114 Å². The van der Waals surface area contributed by atoms with E-state index in [0.717, 1.165) is 25.0 Å². The van der Waals surface area contributed by atoms with Crippen LogP contribution in [-0.2, 0) is 14.8 Å². The highest BCUT2D eigenvalue weighted by molar-refractivity contribution is 7.92. The molecule has 1 saturated heterocycles. The highest BCUT2D eigenvalue weighted by Crippen LogP contribution is 2.43. The molecule has 1 fully saturated rings. The molecule has 4 aromatic rings. The largest absolute Gasteiger partial charge is 0.444 e. The Labute approximate surface area is 261 Å². The number of carbonyl (C=O) groups is 1. The molecule has 15 heteroatoms. The molecule has 0 saturated carbocycles. The van der Waals surface area contributed by atoms with Crippen LogP contribution in [0.4, 0.5) is 23.7 Å². The van der Waals surface area contributed by atoms with Crippen molar-refractivity contribution in [1.29, 1.82) is 0 Å². The zero-order valence-electron chi connectivity index (χ0n) is 23.8. The maximum atomic E-state index is 16.1. The minimum absolute atomic E-state index is 0.0597. The van der Waals surface area contributed by atoms with Gasteiger partial charge in [-0.3, -0.25) is 9.62 Å². The smallest absolute Gasteiger partial charge is 0.410 e. The van der Waals surface area contributed by atoms with Crippen molar-refractivity contribution in [2.45, 2.75) is 56.6 Å². The van der Waals surface area contributed by atoms with Crippen LogP contribution in [0.5, 0.6) is 0 Å². The van der Waals surface area contributed by atoms with E-state index >= 15 is 4.39 Å². The van der Waals surface area contributed by atoms with Gasteiger partial charge in [-0.05, 0) is 88.0 Å². The number of ether oxygens (including phenoxy) is 1. The summed E-state index contributed by atoms with van der Waals surface area (Å²) in [5.74, 6) is -3.20. The molecule has 1 atom stereocenters. The lowest BCUT2D eigenvalue weighted by molar-refractivity contribution is 0.00949. The Morgan fingerprint density at radius 1 is 1.11 bits per heavy atom. The van der Waals surface area contributed by atoms with Crippen molar-refractivity contribution >= 4 is 44.7 Å². The molecule has 44 heavy (non-hydrogen) atoms. The summed E-state index contributed by atoms with van der Waals surface area (Å²) in [6.07, 6.45) is 3.09. The van der Waals surface area contributed by atoms with E-state index in [-0.39, 0.29) is 16.5 Å². The third kappa shape index (κ3) is 6.81. The summed E-state index contributed by atoms with van der Waals surface area (Å²) in [4.78, 5) is 27.1. The van der Waals surface area contributed by atoms with E-state index in [9.17, 15) is 22.0 Å². The van der Waals surface area contributed by atoms with Crippen molar-refractivity contribution in [3.8, 4) is 21.8 Å². The molecular weight excluding hydrogens is 639 g/mol. The van der Waals surface area contributed by atoms with E-state index in [1.54, 1.807) is 31.7 Å². The Morgan fingerprint density at radius 3 is 2.61 bits per heavy atom. The Bertz CT molecular complexity index is 1830. The molecule has 1 aliphatic rings. The second-order valence-corrected chi connectivity index (χ2v) is 14.0. The number of aromatic nitrogens is 3. The third-order valence-corrected chi connectivity index (χ3v) is 9.34. The van der Waals surface area contributed by atoms with Crippen LogP contribution in [0.15, 0.2) is 53.6 Å². The fourth-order valence-corrected chi connectivity index (χ4v) is 7.20. The van der Waals surface area contributed by atoms with Gasteiger partial charge in [0.2, 0.25) is 5.28 Å². The van der Waals surface area contributed by atoms with Gasteiger partial charge in [0.25, 0.3) is 10.0 Å². The van der Waals surface area contributed by atoms with Crippen LogP contribution in [0, 0.1) is 17.5 Å². The van der Waals surface area contributed by atoms with Gasteiger partial charge in [-0.25, -0.2) is 41.3 Å². The zero-order chi connectivity index (χ0) is 31.8. The standard InChI is InChI=1S/C29H27ClF3N5O4S2/c1-29(2,3)42-28(39)38-14-5-4-9-21(38)26-36-24(25(43-26)20-12-13-34-27(30)35-20)17-7-6-8-19(23(17)33)37-44(40,41)22-15-16(31)10-11-18(22)32/h6-8,10-13,15,21,37H,4-5,9,14H2,1-3H3. The molecule has 5 rings (SSSR count). The molecule has 0 aliphatic carbocycles. The van der Waals surface area contributed by atoms with E-state index in [2.05, 4.69) is 9.97 Å². The number of sulfonamides is 1. The summed E-state index contributed by atoms with van der Waals surface area (Å²) in [6, 6.07) is 6.96. The molecule has 1 aliphatic heterocycles. The Morgan fingerprint density at radius 2 is 1.89 bits per heavy atom. The first-order valence-corrected chi connectivity index (χ1v) is 16.2. The number of rotatable bonds is 6. The van der Waals surface area contributed by atoms with Crippen molar-refractivity contribution in [1.82, 2.24) is 19.9 Å². The van der Waals surface area contributed by atoms with Crippen molar-refractivity contribution in [3.63, 3.8) is 0 Å². The number of likely N-dealkylation sites (tertiary alicyclic amines) is 1. The molecule has 9 nitrogen and oxygen atoms in total. The van der Waals surface area contributed by atoms with Gasteiger partial charge in [0.05, 0.1) is 28.0 Å². The van der Waals surface area contributed by atoms with E-state index in [4.69, 9.17) is 21.3 Å². The number of hydrogen-bond donors (Lipinski definition) is 1. The number of amides is 1. The average Bonchev–Trinajstić information content (AvgIpc) is 3.39. The summed E-state index contributed by atoms with van der Waals surface area (Å²) < 4.78 is 77.7. The number of hydrogen-bond acceptors (Lipinski definition) is 8. The molecule has 0 radical (unpaired) electrons. The van der Waals surface area contributed by atoms with Crippen LogP contribution in [0.1, 0.15) is 51.1 Å². The summed E-state index contributed by atoms with van der Waals surface area (Å²) >= 11 is 7.25. The second-order valence-electron chi connectivity index (χ2n) is 11.0. The van der Waals surface area contributed by atoms with Gasteiger partial charge >= 0.3 is 6.09 Å². The Hall–Kier alpha value is -3.75. The van der Waals surface area contributed by atoms with Gasteiger partial charge in [-0.15, -0.1) is 11.3 Å². The van der Waals surface area contributed by atoms with Crippen LogP contribution < -0.4 is 4.72 Å². The van der Waals surface area contributed by atoms with Gasteiger partial charge in [-0.2, -0.15) is 0 Å². The van der Waals surface area contributed by atoms with Crippen LogP contribution in [0.3, 0.4) is 0 Å². The molecule has 1 unspecified atom stereocenters. The Kier molecular flexibility index (Phi) is 8.87. The minimum atomic E-state index is -4.72. The van der Waals surface area contributed by atoms with Crippen molar-refractivity contribution < 1.29 is 31.1 Å². The SMILES string of the molecule is CC(C)(C)OC(=O)N1CCCCC1c1nc(-c2cccc(NS(=O)(=O)c3cc(F)ccc3F)c2F)c(-c2ccnc(Cl)n2)s1. The third-order valence-electron chi connectivity index (χ3n) is 6.60. The lowest BCUT2D eigenvalue weighted by Gasteiger charge is -2.35. The van der Waals surface area contributed by atoms with Gasteiger partial charge < -0.3 is 4.74 Å². The molecular formula is C29H27ClF3N5O4S2. The lowest BCUT2D eigenvalue weighted by atomic mass is 10.0. The summed E-state index contributed by atoms with van der Waals surface area (Å²) in [7, 11) is -4.72. The fraction of sp³-hybridized carbons (Fsp3) is 0.310. The number of thiazole rings is 1. The van der Waals surface area contributed by atoms with Crippen molar-refractivity contribution in [2.24, 2.45) is 0 Å². The first-order valence-electron chi connectivity index (χ1n) is 13.5. The number of nitrogens with one attached hydrogen (secondary N) is 1. The van der Waals surface area contributed by atoms with Crippen LogP contribution in [-0.4, -0.2) is 46.5 Å². The van der Waals surface area contributed by atoms with Gasteiger partial charge in [0, 0.05) is 18.3 Å². The van der Waals surface area contributed by atoms with Gasteiger partial charge in [0.15, 0.2) is 5.82 Å². The normalized spacial score (nSPS) is 15.7. The van der Waals surface area contributed by atoms with Crippen LogP contribution in [0.2, 0.25) is 5.28 Å². The molecule has 232 valence electrons. The molecule has 2 aromatic heterocycles. The molecule has 0 bridgehead atoms. The first-order chi connectivity index (χ1) is 20.7. The predicted molar refractivity (Wildman–Crippen MR) is 160 cm³/mol. The molecule has 3 heterocycles.